The fourth-order valence-corrected chi connectivity index (χ4v) is 4.27. The lowest BCUT2D eigenvalue weighted by molar-refractivity contribution is 0.0677. The van der Waals surface area contributed by atoms with Crippen molar-refractivity contribution >= 4 is 9.84 Å². The molecule has 0 amide bonds. The highest BCUT2D eigenvalue weighted by atomic mass is 32.2. The average Bonchev–Trinajstić information content (AvgIpc) is 2.36. The van der Waals surface area contributed by atoms with Crippen LogP contribution in [0.4, 0.5) is 0 Å². The molecule has 2 atom stereocenters. The van der Waals surface area contributed by atoms with Gasteiger partial charge in [0.2, 0.25) is 0 Å². The number of hydrogen-bond donors (Lipinski definition) is 1. The predicted molar refractivity (Wildman–Crippen MR) is 69.7 cm³/mol. The van der Waals surface area contributed by atoms with Crippen molar-refractivity contribution in [1.82, 2.24) is 4.90 Å². The Labute approximate surface area is 105 Å². The smallest absolute Gasteiger partial charge is 0.154 e. The third-order valence-electron chi connectivity index (χ3n) is 2.96. The third-order valence-corrected chi connectivity index (χ3v) is 4.66. The van der Waals surface area contributed by atoms with Crippen LogP contribution in [0.1, 0.15) is 27.7 Å². The van der Waals surface area contributed by atoms with Gasteiger partial charge in [-0.25, -0.2) is 8.42 Å². The van der Waals surface area contributed by atoms with Crippen molar-refractivity contribution in [3.63, 3.8) is 0 Å². The monoisotopic (exact) mass is 263 g/mol. The minimum absolute atomic E-state index is 0.0790. The van der Waals surface area contributed by atoms with Crippen molar-refractivity contribution in [2.75, 3.05) is 24.6 Å². The van der Waals surface area contributed by atoms with Crippen molar-refractivity contribution in [2.45, 2.75) is 39.8 Å². The summed E-state index contributed by atoms with van der Waals surface area (Å²) in [6.07, 6.45) is -0.725. The molecule has 0 bridgehead atoms. The van der Waals surface area contributed by atoms with E-state index >= 15 is 0 Å². The van der Waals surface area contributed by atoms with Gasteiger partial charge in [-0.05, 0) is 11.8 Å². The number of aliphatic hydroxyl groups excluding tert-OH is 1. The van der Waals surface area contributed by atoms with Gasteiger partial charge in [0.05, 0.1) is 23.7 Å². The van der Waals surface area contributed by atoms with E-state index in [1.807, 2.05) is 0 Å². The zero-order valence-electron chi connectivity index (χ0n) is 11.3. The Bertz CT molecular complexity index is 328. The molecule has 0 aliphatic carbocycles. The summed E-state index contributed by atoms with van der Waals surface area (Å²) in [5.74, 6) is 0.978. The van der Waals surface area contributed by atoms with Crippen LogP contribution in [0.15, 0.2) is 0 Å². The lowest BCUT2D eigenvalue weighted by atomic mass is 10.1. The summed E-state index contributed by atoms with van der Waals surface area (Å²) in [6.45, 7) is 10.1. The molecule has 0 unspecified atom stereocenters. The first-order chi connectivity index (χ1) is 7.71. The normalized spacial score (nSPS) is 28.5. The van der Waals surface area contributed by atoms with Crippen molar-refractivity contribution in [2.24, 2.45) is 11.8 Å². The molecule has 5 heteroatoms. The number of rotatable bonds is 5. The fourth-order valence-electron chi connectivity index (χ4n) is 2.44. The summed E-state index contributed by atoms with van der Waals surface area (Å²) < 4.78 is 23.1. The summed E-state index contributed by atoms with van der Waals surface area (Å²) in [7, 11) is -3.05. The standard InChI is InChI=1S/C12H25NO3S/c1-9(2)5-13(6-10(3)4)11-7-17(15,16)8-12(11)14/h9-12,14H,5-8H2,1-4H3/t11-,12-/m0/s1. The predicted octanol–water partition coefficient (Wildman–Crippen LogP) is 0.758. The Balaban J connectivity index is 2.76. The maximum atomic E-state index is 11.5. The molecule has 0 radical (unpaired) electrons. The molecule has 1 saturated heterocycles. The van der Waals surface area contributed by atoms with Crippen LogP contribution in [0.3, 0.4) is 0 Å². The van der Waals surface area contributed by atoms with Crippen molar-refractivity contribution < 1.29 is 13.5 Å². The zero-order chi connectivity index (χ0) is 13.2. The summed E-state index contributed by atoms with van der Waals surface area (Å²) in [5, 5.41) is 9.90. The summed E-state index contributed by atoms with van der Waals surface area (Å²) in [6, 6.07) is -0.218. The number of nitrogens with zero attached hydrogens (tertiary/aromatic N) is 1. The van der Waals surface area contributed by atoms with Gasteiger partial charge in [-0.1, -0.05) is 27.7 Å². The number of aliphatic hydroxyl groups is 1. The maximum Gasteiger partial charge on any atom is 0.154 e. The van der Waals surface area contributed by atoms with E-state index in [-0.39, 0.29) is 17.5 Å². The van der Waals surface area contributed by atoms with Gasteiger partial charge >= 0.3 is 0 Å². The van der Waals surface area contributed by atoms with Gasteiger partial charge in [0.1, 0.15) is 0 Å². The van der Waals surface area contributed by atoms with Gasteiger partial charge < -0.3 is 5.11 Å². The first-order valence-corrected chi connectivity index (χ1v) is 8.16. The molecule has 1 aliphatic rings. The summed E-state index contributed by atoms with van der Waals surface area (Å²) in [4.78, 5) is 2.14. The molecule has 17 heavy (non-hydrogen) atoms. The van der Waals surface area contributed by atoms with Gasteiger partial charge in [-0.2, -0.15) is 0 Å². The third kappa shape index (κ3) is 4.56. The lowest BCUT2D eigenvalue weighted by Crippen LogP contribution is -2.46. The molecule has 1 rings (SSSR count). The highest BCUT2D eigenvalue weighted by Crippen LogP contribution is 2.20. The van der Waals surface area contributed by atoms with Gasteiger partial charge in [-0.15, -0.1) is 0 Å². The molecule has 1 heterocycles. The van der Waals surface area contributed by atoms with E-state index < -0.39 is 15.9 Å². The molecule has 0 aromatic heterocycles. The molecule has 0 aromatic rings. The topological polar surface area (TPSA) is 57.6 Å². The van der Waals surface area contributed by atoms with Crippen molar-refractivity contribution in [1.29, 1.82) is 0 Å². The highest BCUT2D eigenvalue weighted by molar-refractivity contribution is 7.91. The molecule has 4 nitrogen and oxygen atoms in total. The first-order valence-electron chi connectivity index (χ1n) is 6.34. The minimum atomic E-state index is -3.05. The molecule has 0 aromatic carbocycles. The minimum Gasteiger partial charge on any atom is -0.390 e. The van der Waals surface area contributed by atoms with Gasteiger partial charge in [-0.3, -0.25) is 4.90 Å². The molecule has 1 aliphatic heterocycles. The zero-order valence-corrected chi connectivity index (χ0v) is 12.1. The van der Waals surface area contributed by atoms with E-state index in [0.29, 0.717) is 11.8 Å². The highest BCUT2D eigenvalue weighted by Gasteiger charge is 2.40. The molecular formula is C12H25NO3S. The van der Waals surface area contributed by atoms with Crippen LogP contribution in [-0.2, 0) is 9.84 Å². The molecule has 102 valence electrons. The van der Waals surface area contributed by atoms with Crippen LogP contribution in [0.2, 0.25) is 0 Å². The van der Waals surface area contributed by atoms with Crippen LogP contribution >= 0.6 is 0 Å². The molecular weight excluding hydrogens is 238 g/mol. The summed E-state index contributed by atoms with van der Waals surface area (Å²) in [5.41, 5.74) is 0. The van der Waals surface area contributed by atoms with Crippen molar-refractivity contribution in [3.05, 3.63) is 0 Å². The van der Waals surface area contributed by atoms with E-state index in [1.54, 1.807) is 0 Å². The SMILES string of the molecule is CC(C)CN(CC(C)C)[C@H]1CS(=O)(=O)C[C@@H]1O. The second-order valence-electron chi connectivity index (χ2n) is 5.95. The van der Waals surface area contributed by atoms with E-state index in [2.05, 4.69) is 32.6 Å². The quantitative estimate of drug-likeness (QED) is 0.795. The average molecular weight is 263 g/mol. The van der Waals surface area contributed by atoms with Crippen LogP contribution in [0, 0.1) is 11.8 Å². The molecule has 0 spiro atoms. The maximum absolute atomic E-state index is 11.5. The van der Waals surface area contributed by atoms with E-state index in [0.717, 1.165) is 13.1 Å². The second kappa shape index (κ2) is 5.67. The van der Waals surface area contributed by atoms with E-state index in [1.165, 1.54) is 0 Å². The fraction of sp³-hybridized carbons (Fsp3) is 1.00. The second-order valence-corrected chi connectivity index (χ2v) is 8.11. The van der Waals surface area contributed by atoms with Crippen LogP contribution in [0.25, 0.3) is 0 Å². The molecule has 1 fully saturated rings. The lowest BCUT2D eigenvalue weighted by Gasteiger charge is -2.32. The van der Waals surface area contributed by atoms with Crippen LogP contribution in [0.5, 0.6) is 0 Å². The molecule has 0 saturated carbocycles. The Morgan fingerprint density at radius 3 is 1.88 bits per heavy atom. The van der Waals surface area contributed by atoms with Gasteiger partial charge in [0, 0.05) is 13.1 Å². The van der Waals surface area contributed by atoms with Crippen molar-refractivity contribution in [3.8, 4) is 0 Å². The molecule has 1 N–H and O–H groups in total. The van der Waals surface area contributed by atoms with Crippen LogP contribution in [-0.4, -0.2) is 55.2 Å². The first kappa shape index (κ1) is 14.9. The summed E-state index contributed by atoms with van der Waals surface area (Å²) >= 11 is 0. The van der Waals surface area contributed by atoms with Crippen LogP contribution < -0.4 is 0 Å². The largest absolute Gasteiger partial charge is 0.390 e. The van der Waals surface area contributed by atoms with Gasteiger partial charge in [0.25, 0.3) is 0 Å². The Kier molecular flexibility index (Phi) is 4.98. The number of hydrogen-bond acceptors (Lipinski definition) is 4. The Morgan fingerprint density at radius 2 is 1.59 bits per heavy atom. The Morgan fingerprint density at radius 1 is 1.12 bits per heavy atom. The van der Waals surface area contributed by atoms with Gasteiger partial charge in [0.15, 0.2) is 9.84 Å². The Hall–Kier alpha value is -0.130. The van der Waals surface area contributed by atoms with E-state index in [9.17, 15) is 13.5 Å². The van der Waals surface area contributed by atoms with E-state index in [4.69, 9.17) is 0 Å². The number of sulfone groups is 1.